The standard InChI is InChI=1S/C21H21BrF2N4OS/c1-10-4-6-28(7-5-10)19-16-11(2)18(30-21(16)26-12(3)25-19)20(29)27-17-14(22)8-13(23)9-15(17)24/h8-10H,4-7H2,1-3H3,(H,27,29). The second-order valence-electron chi connectivity index (χ2n) is 7.70. The van der Waals surface area contributed by atoms with Gasteiger partial charge in [-0.1, -0.05) is 6.92 Å². The minimum absolute atomic E-state index is 0.0919. The number of aromatic nitrogens is 2. The number of nitrogens with zero attached hydrogens (tertiary/aromatic N) is 3. The summed E-state index contributed by atoms with van der Waals surface area (Å²) in [6, 6.07) is 1.85. The van der Waals surface area contributed by atoms with Crippen LogP contribution in [-0.2, 0) is 0 Å². The van der Waals surface area contributed by atoms with Crippen molar-refractivity contribution >= 4 is 54.9 Å². The zero-order valence-electron chi connectivity index (χ0n) is 16.9. The monoisotopic (exact) mass is 494 g/mol. The number of fused-ring (bicyclic) bond motifs is 1. The molecule has 0 atom stereocenters. The first kappa shape index (κ1) is 21.1. The molecular formula is C21H21BrF2N4OS. The van der Waals surface area contributed by atoms with Crippen LogP contribution in [0.25, 0.3) is 10.2 Å². The molecule has 2 aromatic heterocycles. The molecule has 0 saturated carbocycles. The van der Waals surface area contributed by atoms with Crippen LogP contribution in [-0.4, -0.2) is 29.0 Å². The third-order valence-electron chi connectivity index (χ3n) is 5.42. The van der Waals surface area contributed by atoms with Crippen molar-refractivity contribution in [2.24, 2.45) is 5.92 Å². The minimum atomic E-state index is -0.840. The van der Waals surface area contributed by atoms with Crippen LogP contribution < -0.4 is 10.2 Å². The SMILES string of the molecule is Cc1nc(N2CCC(C)CC2)c2c(C)c(C(=O)Nc3c(F)cc(F)cc3Br)sc2n1. The Morgan fingerprint density at radius 2 is 1.93 bits per heavy atom. The molecule has 3 heterocycles. The number of piperidine rings is 1. The van der Waals surface area contributed by atoms with E-state index in [0.717, 1.165) is 59.7 Å². The summed E-state index contributed by atoms with van der Waals surface area (Å²) < 4.78 is 27.7. The maximum Gasteiger partial charge on any atom is 0.266 e. The number of thiophene rings is 1. The average molecular weight is 495 g/mol. The summed E-state index contributed by atoms with van der Waals surface area (Å²) in [5, 5.41) is 3.43. The van der Waals surface area contributed by atoms with Gasteiger partial charge in [0.1, 0.15) is 22.3 Å². The van der Waals surface area contributed by atoms with Crippen molar-refractivity contribution in [3.8, 4) is 0 Å². The van der Waals surface area contributed by atoms with Gasteiger partial charge in [0.2, 0.25) is 0 Å². The molecule has 1 aliphatic rings. The largest absolute Gasteiger partial charge is 0.356 e. The predicted octanol–water partition coefficient (Wildman–Crippen LogP) is 5.84. The Kier molecular flexibility index (Phi) is 5.76. The molecular weight excluding hydrogens is 474 g/mol. The van der Waals surface area contributed by atoms with Gasteiger partial charge in [-0.2, -0.15) is 0 Å². The van der Waals surface area contributed by atoms with Crippen LogP contribution in [0, 0.1) is 31.4 Å². The molecule has 9 heteroatoms. The number of carbonyl (C=O) groups excluding carboxylic acids is 1. The Bertz CT molecular complexity index is 1120. The summed E-state index contributed by atoms with van der Waals surface area (Å²) in [7, 11) is 0. The van der Waals surface area contributed by atoms with E-state index in [-0.39, 0.29) is 10.2 Å². The second kappa shape index (κ2) is 8.19. The van der Waals surface area contributed by atoms with Gasteiger partial charge in [0.05, 0.1) is 16.0 Å². The number of hydrogen-bond donors (Lipinski definition) is 1. The summed E-state index contributed by atoms with van der Waals surface area (Å²) in [5.74, 6) is 0.170. The fourth-order valence-electron chi connectivity index (χ4n) is 3.72. The Morgan fingerprint density at radius 3 is 2.60 bits per heavy atom. The molecule has 0 unspecified atom stereocenters. The van der Waals surface area contributed by atoms with E-state index in [1.807, 2.05) is 13.8 Å². The molecule has 5 nitrogen and oxygen atoms in total. The zero-order valence-corrected chi connectivity index (χ0v) is 19.3. The number of benzene rings is 1. The maximum absolute atomic E-state index is 14.2. The molecule has 158 valence electrons. The van der Waals surface area contributed by atoms with Crippen LogP contribution in [0.1, 0.15) is 40.8 Å². The van der Waals surface area contributed by atoms with Crippen molar-refractivity contribution < 1.29 is 13.6 Å². The Morgan fingerprint density at radius 1 is 1.23 bits per heavy atom. The summed E-state index contributed by atoms with van der Waals surface area (Å²) in [4.78, 5) is 25.6. The fourth-order valence-corrected chi connectivity index (χ4v) is 5.34. The molecule has 0 radical (unpaired) electrons. The van der Waals surface area contributed by atoms with Crippen molar-refractivity contribution in [3.05, 3.63) is 44.5 Å². The van der Waals surface area contributed by atoms with Crippen LogP contribution in [0.5, 0.6) is 0 Å². The zero-order chi connectivity index (χ0) is 21.6. The minimum Gasteiger partial charge on any atom is -0.356 e. The first-order valence-corrected chi connectivity index (χ1v) is 11.3. The van der Waals surface area contributed by atoms with Gasteiger partial charge in [0.15, 0.2) is 5.82 Å². The summed E-state index contributed by atoms with van der Waals surface area (Å²) in [6.45, 7) is 7.78. The number of halogens is 3. The highest BCUT2D eigenvalue weighted by atomic mass is 79.9. The summed E-state index contributed by atoms with van der Waals surface area (Å²) >= 11 is 4.37. The van der Waals surface area contributed by atoms with Crippen LogP contribution in [0.2, 0.25) is 0 Å². The Labute approximate surface area is 185 Å². The molecule has 1 aromatic carbocycles. The average Bonchev–Trinajstić information content (AvgIpc) is 3.01. The molecule has 1 aliphatic heterocycles. The van der Waals surface area contributed by atoms with E-state index in [1.54, 1.807) is 0 Å². The van der Waals surface area contributed by atoms with E-state index in [0.29, 0.717) is 16.6 Å². The lowest BCUT2D eigenvalue weighted by Gasteiger charge is -2.31. The van der Waals surface area contributed by atoms with E-state index < -0.39 is 17.5 Å². The third kappa shape index (κ3) is 3.92. The van der Waals surface area contributed by atoms with Crippen molar-refractivity contribution in [1.29, 1.82) is 0 Å². The summed E-state index contributed by atoms with van der Waals surface area (Å²) in [6.07, 6.45) is 2.19. The van der Waals surface area contributed by atoms with E-state index in [1.165, 1.54) is 11.3 Å². The van der Waals surface area contributed by atoms with Gasteiger partial charge < -0.3 is 10.2 Å². The highest BCUT2D eigenvalue weighted by Gasteiger charge is 2.25. The van der Waals surface area contributed by atoms with E-state index in [2.05, 4.69) is 43.0 Å². The first-order chi connectivity index (χ1) is 14.2. The van der Waals surface area contributed by atoms with E-state index in [4.69, 9.17) is 0 Å². The normalized spacial score (nSPS) is 15.1. The molecule has 0 spiro atoms. The predicted molar refractivity (Wildman–Crippen MR) is 120 cm³/mol. The summed E-state index contributed by atoms with van der Waals surface area (Å²) in [5.41, 5.74) is 0.672. The molecule has 0 aliphatic carbocycles. The Balaban J connectivity index is 1.73. The molecule has 4 rings (SSSR count). The molecule has 1 saturated heterocycles. The van der Waals surface area contributed by atoms with Crippen molar-refractivity contribution in [2.75, 3.05) is 23.3 Å². The fraction of sp³-hybridized carbons (Fsp3) is 0.381. The molecule has 1 fully saturated rings. The lowest BCUT2D eigenvalue weighted by molar-refractivity contribution is 0.102. The van der Waals surface area contributed by atoms with Crippen LogP contribution >= 0.6 is 27.3 Å². The van der Waals surface area contributed by atoms with Gasteiger partial charge in [-0.25, -0.2) is 18.7 Å². The molecule has 30 heavy (non-hydrogen) atoms. The lowest BCUT2D eigenvalue weighted by Crippen LogP contribution is -2.33. The highest BCUT2D eigenvalue weighted by molar-refractivity contribution is 9.10. The van der Waals surface area contributed by atoms with Gasteiger partial charge in [-0.3, -0.25) is 4.79 Å². The number of anilines is 2. The Hall–Kier alpha value is -2.13. The third-order valence-corrected chi connectivity index (χ3v) is 7.23. The molecule has 1 N–H and O–H groups in total. The van der Waals surface area contributed by atoms with Gasteiger partial charge in [0, 0.05) is 23.6 Å². The van der Waals surface area contributed by atoms with Crippen molar-refractivity contribution in [1.82, 2.24) is 9.97 Å². The molecule has 3 aromatic rings. The van der Waals surface area contributed by atoms with Gasteiger partial charge in [-0.15, -0.1) is 11.3 Å². The van der Waals surface area contributed by atoms with Gasteiger partial charge in [-0.05, 0) is 60.2 Å². The number of amides is 1. The number of rotatable bonds is 3. The highest BCUT2D eigenvalue weighted by Crippen LogP contribution is 2.37. The second-order valence-corrected chi connectivity index (χ2v) is 9.55. The van der Waals surface area contributed by atoms with Crippen LogP contribution in [0.15, 0.2) is 16.6 Å². The maximum atomic E-state index is 14.2. The molecule has 0 bridgehead atoms. The number of hydrogen-bond acceptors (Lipinski definition) is 5. The molecule has 1 amide bonds. The van der Waals surface area contributed by atoms with E-state index >= 15 is 0 Å². The quantitative estimate of drug-likeness (QED) is 0.496. The van der Waals surface area contributed by atoms with Crippen molar-refractivity contribution in [3.63, 3.8) is 0 Å². The smallest absolute Gasteiger partial charge is 0.266 e. The lowest BCUT2D eigenvalue weighted by atomic mass is 9.99. The number of carbonyl (C=O) groups is 1. The topological polar surface area (TPSA) is 58.1 Å². The van der Waals surface area contributed by atoms with Gasteiger partial charge >= 0.3 is 0 Å². The van der Waals surface area contributed by atoms with E-state index in [9.17, 15) is 13.6 Å². The van der Waals surface area contributed by atoms with Gasteiger partial charge in [0.25, 0.3) is 5.91 Å². The van der Waals surface area contributed by atoms with Crippen LogP contribution in [0.3, 0.4) is 0 Å². The number of aryl methyl sites for hydroxylation is 2. The van der Waals surface area contributed by atoms with Crippen molar-refractivity contribution in [2.45, 2.75) is 33.6 Å². The first-order valence-electron chi connectivity index (χ1n) is 9.73. The number of nitrogens with one attached hydrogen (secondary N) is 1. The van der Waals surface area contributed by atoms with Crippen LogP contribution in [0.4, 0.5) is 20.3 Å².